The zero-order valence-electron chi connectivity index (χ0n) is 34.4. The van der Waals surface area contributed by atoms with Crippen LogP contribution in [0.2, 0.25) is 0 Å². The first-order valence-corrected chi connectivity index (χ1v) is 21.5. The van der Waals surface area contributed by atoms with Crippen LogP contribution in [-0.4, -0.2) is 0 Å². The number of benzene rings is 4. The minimum absolute atomic E-state index is 0.0590. The zero-order chi connectivity index (χ0) is 38.3. The van der Waals surface area contributed by atoms with E-state index < -0.39 is 0 Å². The minimum atomic E-state index is -0.0590. The maximum atomic E-state index is 6.45. The molecule has 1 fully saturated rings. The molecule has 0 aromatic heterocycles. The third-order valence-electron chi connectivity index (χ3n) is 12.2. The average Bonchev–Trinajstić information content (AvgIpc) is 3.16. The van der Waals surface area contributed by atoms with Crippen molar-refractivity contribution in [1.82, 2.24) is 0 Å². The number of anilines is 2. The molecule has 0 unspecified atom stereocenters. The third kappa shape index (κ3) is 11.5. The van der Waals surface area contributed by atoms with E-state index in [1.165, 1.54) is 143 Å². The summed E-state index contributed by atoms with van der Waals surface area (Å²) >= 11 is 0. The van der Waals surface area contributed by atoms with Gasteiger partial charge in [-0.2, -0.15) is 0 Å². The fourth-order valence-electron chi connectivity index (χ4n) is 8.91. The van der Waals surface area contributed by atoms with Crippen LogP contribution in [0.4, 0.5) is 11.4 Å². The Morgan fingerprint density at radius 1 is 0.500 bits per heavy atom. The maximum absolute atomic E-state index is 6.45. The van der Waals surface area contributed by atoms with Crippen molar-refractivity contribution in [2.24, 2.45) is 5.92 Å². The summed E-state index contributed by atoms with van der Waals surface area (Å²) in [6, 6.07) is 25.0. The van der Waals surface area contributed by atoms with E-state index in [2.05, 4.69) is 58.9 Å². The topological polar surface area (TPSA) is 70.5 Å². The van der Waals surface area contributed by atoms with Crippen LogP contribution in [-0.2, 0) is 5.41 Å². The van der Waals surface area contributed by atoms with Crippen molar-refractivity contribution in [2.75, 3.05) is 11.5 Å². The Bertz CT molecular complexity index is 1570. The maximum Gasteiger partial charge on any atom is 0.133 e. The summed E-state index contributed by atoms with van der Waals surface area (Å²) in [4.78, 5) is 0. The van der Waals surface area contributed by atoms with Gasteiger partial charge in [0.1, 0.15) is 23.0 Å². The number of hydrogen-bond acceptors (Lipinski definition) is 4. The minimum Gasteiger partial charge on any atom is -0.457 e. The lowest BCUT2D eigenvalue weighted by Gasteiger charge is -2.42. The third-order valence-corrected chi connectivity index (χ3v) is 12.2. The molecular formula is C50H70N2O2. The molecule has 54 heavy (non-hydrogen) atoms. The quantitative estimate of drug-likeness (QED) is 0.0661. The molecule has 0 saturated heterocycles. The van der Waals surface area contributed by atoms with Crippen molar-refractivity contribution in [1.29, 1.82) is 0 Å². The van der Waals surface area contributed by atoms with E-state index in [9.17, 15) is 0 Å². The Hall–Kier alpha value is -3.92. The number of ether oxygens (including phenoxy) is 2. The molecule has 5 rings (SSSR count). The van der Waals surface area contributed by atoms with Gasteiger partial charge in [0, 0.05) is 16.8 Å². The second-order valence-electron chi connectivity index (χ2n) is 16.6. The molecule has 1 saturated carbocycles. The van der Waals surface area contributed by atoms with Gasteiger partial charge in [0.25, 0.3) is 0 Å². The summed E-state index contributed by atoms with van der Waals surface area (Å²) in [5.41, 5.74) is 20.8. The molecule has 0 heterocycles. The van der Waals surface area contributed by atoms with E-state index in [0.29, 0.717) is 0 Å². The molecule has 1 aliphatic carbocycles. The van der Waals surface area contributed by atoms with Crippen molar-refractivity contribution >= 4 is 11.4 Å². The van der Waals surface area contributed by atoms with E-state index in [0.717, 1.165) is 53.1 Å². The molecule has 4 nitrogen and oxygen atoms in total. The van der Waals surface area contributed by atoms with Crippen molar-refractivity contribution < 1.29 is 9.47 Å². The highest BCUT2D eigenvalue weighted by Crippen LogP contribution is 2.50. The monoisotopic (exact) mass is 731 g/mol. The van der Waals surface area contributed by atoms with Crippen LogP contribution in [0.15, 0.2) is 72.8 Å². The van der Waals surface area contributed by atoms with Crippen molar-refractivity contribution in [2.45, 2.75) is 162 Å². The van der Waals surface area contributed by atoms with E-state index >= 15 is 0 Å². The fraction of sp³-hybridized carbons (Fsp3) is 0.520. The van der Waals surface area contributed by atoms with Crippen LogP contribution in [0, 0.1) is 33.6 Å². The van der Waals surface area contributed by atoms with Crippen LogP contribution in [0.5, 0.6) is 23.0 Å². The van der Waals surface area contributed by atoms with E-state index in [-0.39, 0.29) is 5.41 Å². The Balaban J connectivity index is 1.23. The van der Waals surface area contributed by atoms with Crippen LogP contribution in [0.1, 0.15) is 162 Å². The standard InChI is InChI=1S/C50H70N2O2/c1-6-7-8-9-10-11-12-13-14-15-16-17-18-19-20-41-29-31-50(32-30-41,42-33-37(2)48(38(3)34-42)53-46-25-21-44(51)22-26-46)43-35-39(4)49(40(5)36-43)54-47-27-23-45(52)24-28-47/h21-28,33-36,41H,6-20,29-32,51-52H2,1-5H3. The smallest absolute Gasteiger partial charge is 0.133 e. The Kier molecular flexibility index (Phi) is 15.8. The van der Waals surface area contributed by atoms with Crippen molar-refractivity contribution in [3.05, 3.63) is 106 Å². The number of rotatable bonds is 21. The first-order chi connectivity index (χ1) is 26.2. The lowest BCUT2D eigenvalue weighted by Crippen LogP contribution is -2.33. The van der Waals surface area contributed by atoms with Gasteiger partial charge in [-0.05, 0) is 141 Å². The Labute approximate surface area is 328 Å². The van der Waals surface area contributed by atoms with Gasteiger partial charge in [0.05, 0.1) is 0 Å². The average molecular weight is 731 g/mol. The van der Waals surface area contributed by atoms with Gasteiger partial charge >= 0.3 is 0 Å². The summed E-state index contributed by atoms with van der Waals surface area (Å²) in [7, 11) is 0. The summed E-state index contributed by atoms with van der Waals surface area (Å²) in [6.07, 6.45) is 26.1. The second kappa shape index (κ2) is 20.7. The molecule has 4 heteroatoms. The molecule has 1 aliphatic rings. The Morgan fingerprint density at radius 2 is 0.833 bits per heavy atom. The summed E-state index contributed by atoms with van der Waals surface area (Å²) in [5, 5.41) is 0. The van der Waals surface area contributed by atoms with Gasteiger partial charge in [-0.15, -0.1) is 0 Å². The molecule has 4 N–H and O–H groups in total. The molecular weight excluding hydrogens is 661 g/mol. The molecule has 4 aromatic rings. The van der Waals surface area contributed by atoms with Crippen LogP contribution < -0.4 is 20.9 Å². The number of aryl methyl sites for hydroxylation is 4. The second-order valence-corrected chi connectivity index (χ2v) is 16.6. The lowest BCUT2D eigenvalue weighted by molar-refractivity contribution is 0.249. The van der Waals surface area contributed by atoms with Crippen molar-refractivity contribution in [3.63, 3.8) is 0 Å². The first kappa shape index (κ1) is 41.2. The summed E-state index contributed by atoms with van der Waals surface area (Å²) in [5.74, 6) is 4.30. The first-order valence-electron chi connectivity index (χ1n) is 21.5. The molecule has 0 amide bonds. The number of nitrogen functional groups attached to an aromatic ring is 2. The van der Waals surface area contributed by atoms with E-state index in [4.69, 9.17) is 20.9 Å². The summed E-state index contributed by atoms with van der Waals surface area (Å²) in [6.45, 7) is 11.1. The molecule has 292 valence electrons. The van der Waals surface area contributed by atoms with Gasteiger partial charge in [-0.1, -0.05) is 128 Å². The van der Waals surface area contributed by atoms with Crippen molar-refractivity contribution in [3.8, 4) is 23.0 Å². The predicted molar refractivity (Wildman–Crippen MR) is 231 cm³/mol. The van der Waals surface area contributed by atoms with Crippen LogP contribution in [0.3, 0.4) is 0 Å². The van der Waals surface area contributed by atoms with E-state index in [1.807, 2.05) is 48.5 Å². The number of hydrogen-bond donors (Lipinski definition) is 2. The molecule has 0 atom stereocenters. The Morgan fingerprint density at radius 3 is 1.19 bits per heavy atom. The fourth-order valence-corrected chi connectivity index (χ4v) is 8.91. The van der Waals surface area contributed by atoms with Gasteiger partial charge in [0.2, 0.25) is 0 Å². The lowest BCUT2D eigenvalue weighted by atomic mass is 9.62. The highest BCUT2D eigenvalue weighted by Gasteiger charge is 2.39. The highest BCUT2D eigenvalue weighted by atomic mass is 16.5. The molecule has 0 bridgehead atoms. The molecule has 4 aromatic carbocycles. The van der Waals surface area contributed by atoms with E-state index in [1.54, 1.807) is 0 Å². The molecule has 0 radical (unpaired) electrons. The van der Waals surface area contributed by atoms with Gasteiger partial charge < -0.3 is 20.9 Å². The molecule has 0 spiro atoms. The summed E-state index contributed by atoms with van der Waals surface area (Å²) < 4.78 is 12.9. The SMILES string of the molecule is CCCCCCCCCCCCCCCCC1CCC(c2cc(C)c(Oc3ccc(N)cc3)c(C)c2)(c2cc(C)c(Oc3ccc(N)cc3)c(C)c2)CC1. The van der Waals surface area contributed by atoms with Gasteiger partial charge in [-0.3, -0.25) is 0 Å². The van der Waals surface area contributed by atoms with Crippen LogP contribution >= 0.6 is 0 Å². The highest BCUT2D eigenvalue weighted by molar-refractivity contribution is 5.55. The number of unbranched alkanes of at least 4 members (excludes halogenated alkanes) is 13. The predicted octanol–water partition coefficient (Wildman–Crippen LogP) is 15.0. The number of nitrogens with two attached hydrogens (primary N) is 2. The van der Waals surface area contributed by atoms with Gasteiger partial charge in [-0.25, -0.2) is 0 Å². The van der Waals surface area contributed by atoms with Gasteiger partial charge in [0.15, 0.2) is 0 Å². The largest absolute Gasteiger partial charge is 0.457 e. The van der Waals surface area contributed by atoms with Crippen LogP contribution in [0.25, 0.3) is 0 Å². The normalized spacial score (nSPS) is 14.3. The molecule has 0 aliphatic heterocycles. The zero-order valence-corrected chi connectivity index (χ0v) is 34.4.